The molecule has 0 radical (unpaired) electrons. The van der Waals surface area contributed by atoms with E-state index in [0.29, 0.717) is 19.0 Å². The van der Waals surface area contributed by atoms with Gasteiger partial charge >= 0.3 is 35.5 Å². The van der Waals surface area contributed by atoms with Crippen molar-refractivity contribution in [2.75, 3.05) is 13.2 Å². The smallest absolute Gasteiger partial charge is 1.00 e. The topological polar surface area (TPSA) is 55.8 Å². The summed E-state index contributed by atoms with van der Waals surface area (Å²) in [5.74, 6) is -0.262. The zero-order chi connectivity index (χ0) is 24.7. The second-order valence-corrected chi connectivity index (χ2v) is 9.69. The Kier molecular flexibility index (Phi) is 24.7. The summed E-state index contributed by atoms with van der Waals surface area (Å²) in [7, 11) is 0. The molecule has 0 aliphatic rings. The molecule has 0 fully saturated rings. The molecule has 0 saturated heterocycles. The average molecular weight is 501 g/mol. The predicted molar refractivity (Wildman–Crippen MR) is 144 cm³/mol. The number of hydrogen-bond acceptors (Lipinski definition) is 3. The van der Waals surface area contributed by atoms with E-state index in [1.807, 2.05) is 6.07 Å². The van der Waals surface area contributed by atoms with Crippen LogP contribution in [-0.2, 0) is 11.3 Å². The Morgan fingerprint density at radius 1 is 0.714 bits per heavy atom. The van der Waals surface area contributed by atoms with Crippen LogP contribution in [0.25, 0.3) is 0 Å². The van der Waals surface area contributed by atoms with Crippen molar-refractivity contribution in [2.45, 2.75) is 136 Å². The van der Waals surface area contributed by atoms with E-state index in [4.69, 9.17) is 9.47 Å². The molecule has 1 rings (SSSR count). The number of carboxylic acid groups (broad SMARTS) is 1. The summed E-state index contributed by atoms with van der Waals surface area (Å²) in [6.45, 7) is 6.36. The zero-order valence-electron chi connectivity index (χ0n) is 24.3. The number of ether oxygens (including phenoxy) is 2. The summed E-state index contributed by atoms with van der Waals surface area (Å²) < 4.78 is 11.9. The molecular formula is C30H53NaO4. The van der Waals surface area contributed by atoms with Gasteiger partial charge in [0.2, 0.25) is 0 Å². The standard InChI is InChI=1S/C30H52O4.Na.H/c1-3-5-7-9-11-13-15-17-19-23-33-26-28-22-21-27(30(31)32)25-29(28)34-24-20-18-16-14-12-10-8-6-4-2;;/h21-22,25H,3-20,23-24,26H2,1-2H3,(H,31,32);;/q;+1;-1. The van der Waals surface area contributed by atoms with Crippen LogP contribution in [0.1, 0.15) is 147 Å². The fourth-order valence-corrected chi connectivity index (χ4v) is 4.23. The van der Waals surface area contributed by atoms with Crippen LogP contribution in [0.3, 0.4) is 0 Å². The molecule has 0 heterocycles. The summed E-state index contributed by atoms with van der Waals surface area (Å²) >= 11 is 0. The fraction of sp³-hybridized carbons (Fsp3) is 0.767. The van der Waals surface area contributed by atoms with Crippen LogP contribution >= 0.6 is 0 Å². The van der Waals surface area contributed by atoms with Crippen molar-refractivity contribution in [3.05, 3.63) is 29.3 Å². The monoisotopic (exact) mass is 500 g/mol. The van der Waals surface area contributed by atoms with E-state index in [2.05, 4.69) is 13.8 Å². The molecule has 1 aromatic rings. The van der Waals surface area contributed by atoms with Crippen molar-refractivity contribution in [1.29, 1.82) is 0 Å². The number of unbranched alkanes of at least 4 members (excludes halogenated alkanes) is 16. The molecular weight excluding hydrogens is 447 g/mol. The van der Waals surface area contributed by atoms with Crippen molar-refractivity contribution in [3.8, 4) is 5.75 Å². The fourth-order valence-electron chi connectivity index (χ4n) is 4.23. The van der Waals surface area contributed by atoms with Crippen LogP contribution in [-0.4, -0.2) is 24.3 Å². The normalized spacial score (nSPS) is 10.8. The molecule has 0 amide bonds. The van der Waals surface area contributed by atoms with Crippen LogP contribution in [0.5, 0.6) is 5.75 Å². The minimum Gasteiger partial charge on any atom is -1.00 e. The van der Waals surface area contributed by atoms with Crippen molar-refractivity contribution in [3.63, 3.8) is 0 Å². The van der Waals surface area contributed by atoms with Gasteiger partial charge in [0.25, 0.3) is 0 Å². The van der Waals surface area contributed by atoms with E-state index in [1.165, 1.54) is 96.3 Å². The van der Waals surface area contributed by atoms with E-state index >= 15 is 0 Å². The van der Waals surface area contributed by atoms with Gasteiger partial charge in [-0.05, 0) is 25.0 Å². The van der Waals surface area contributed by atoms with Gasteiger partial charge in [0.15, 0.2) is 0 Å². The van der Waals surface area contributed by atoms with Crippen LogP contribution in [0.2, 0.25) is 0 Å². The van der Waals surface area contributed by atoms with Gasteiger partial charge in [-0.25, -0.2) is 4.79 Å². The minimum atomic E-state index is -0.921. The van der Waals surface area contributed by atoms with E-state index in [0.717, 1.165) is 31.4 Å². The first kappa shape index (κ1) is 34.5. The molecule has 4 nitrogen and oxygen atoms in total. The summed E-state index contributed by atoms with van der Waals surface area (Å²) in [4.78, 5) is 11.4. The number of aromatic carboxylic acids is 1. The largest absolute Gasteiger partial charge is 1.00 e. The number of hydrogen-bond donors (Lipinski definition) is 1. The second-order valence-electron chi connectivity index (χ2n) is 9.69. The maximum atomic E-state index is 11.4. The van der Waals surface area contributed by atoms with E-state index in [9.17, 15) is 9.90 Å². The SMILES string of the molecule is CCCCCCCCCCCOCc1ccc(C(=O)O)cc1OCCCCCCCCCCC.[H-].[Na+]. The van der Waals surface area contributed by atoms with Crippen LogP contribution in [0, 0.1) is 0 Å². The molecule has 1 N–H and O–H groups in total. The first-order valence-corrected chi connectivity index (χ1v) is 14.3. The maximum Gasteiger partial charge on any atom is 1.00 e. The Morgan fingerprint density at radius 3 is 1.66 bits per heavy atom. The van der Waals surface area contributed by atoms with Crippen molar-refractivity contribution >= 4 is 5.97 Å². The average Bonchev–Trinajstić information content (AvgIpc) is 2.84. The molecule has 0 saturated carbocycles. The molecule has 0 bridgehead atoms. The van der Waals surface area contributed by atoms with Crippen LogP contribution < -0.4 is 34.3 Å². The van der Waals surface area contributed by atoms with Gasteiger partial charge in [-0.15, -0.1) is 0 Å². The van der Waals surface area contributed by atoms with Crippen LogP contribution in [0.15, 0.2) is 18.2 Å². The Labute approximate surface area is 239 Å². The third-order valence-electron chi connectivity index (χ3n) is 6.47. The summed E-state index contributed by atoms with van der Waals surface area (Å²) in [5.41, 5.74) is 1.21. The maximum absolute atomic E-state index is 11.4. The quantitative estimate of drug-likeness (QED) is 0.131. The molecule has 0 unspecified atom stereocenters. The van der Waals surface area contributed by atoms with Crippen molar-refractivity contribution < 1.29 is 50.4 Å². The van der Waals surface area contributed by atoms with E-state index < -0.39 is 5.97 Å². The molecule has 0 atom stereocenters. The number of carbonyl (C=O) groups is 1. The second kappa shape index (κ2) is 25.1. The molecule has 0 spiro atoms. The first-order valence-electron chi connectivity index (χ1n) is 14.3. The predicted octanol–water partition coefficient (Wildman–Crippen LogP) is 6.46. The zero-order valence-corrected chi connectivity index (χ0v) is 25.3. The summed E-state index contributed by atoms with van der Waals surface area (Å²) in [6.07, 6.45) is 23.1. The molecule has 198 valence electrons. The summed E-state index contributed by atoms with van der Waals surface area (Å²) in [6, 6.07) is 5.13. The van der Waals surface area contributed by atoms with Crippen LogP contribution in [0.4, 0.5) is 0 Å². The molecule has 0 aromatic heterocycles. The van der Waals surface area contributed by atoms with Crippen molar-refractivity contribution in [2.24, 2.45) is 0 Å². The van der Waals surface area contributed by atoms with Gasteiger partial charge in [-0.1, -0.05) is 123 Å². The molecule has 5 heteroatoms. The number of carboxylic acids is 1. The Morgan fingerprint density at radius 2 is 1.17 bits per heavy atom. The summed E-state index contributed by atoms with van der Waals surface area (Å²) in [5, 5.41) is 9.34. The van der Waals surface area contributed by atoms with Gasteiger partial charge in [-0.2, -0.15) is 0 Å². The Hall–Kier alpha value is -0.550. The third kappa shape index (κ3) is 19.3. The molecule has 0 aliphatic heterocycles. The molecule has 0 aliphatic carbocycles. The van der Waals surface area contributed by atoms with Gasteiger partial charge in [0.1, 0.15) is 5.75 Å². The van der Waals surface area contributed by atoms with Gasteiger partial charge in [-0.3, -0.25) is 0 Å². The van der Waals surface area contributed by atoms with Gasteiger partial charge in [0, 0.05) is 12.2 Å². The number of benzene rings is 1. The Bertz CT molecular complexity index is 627. The minimum absolute atomic E-state index is 0. The van der Waals surface area contributed by atoms with Crippen molar-refractivity contribution in [1.82, 2.24) is 0 Å². The third-order valence-corrected chi connectivity index (χ3v) is 6.47. The Balaban J connectivity index is 0. The van der Waals surface area contributed by atoms with Gasteiger partial charge < -0.3 is 16.0 Å². The van der Waals surface area contributed by atoms with E-state index in [1.54, 1.807) is 12.1 Å². The number of rotatable bonds is 24. The molecule has 1 aromatic carbocycles. The van der Waals surface area contributed by atoms with Gasteiger partial charge in [0.05, 0.1) is 18.8 Å². The first-order chi connectivity index (χ1) is 16.7. The molecule has 35 heavy (non-hydrogen) atoms. The van der Waals surface area contributed by atoms with E-state index in [-0.39, 0.29) is 36.5 Å².